The smallest absolute Gasteiger partial charge is 0.264 e. The number of ether oxygens (including phenoxy) is 1. The molecule has 0 saturated heterocycles. The molecule has 1 aliphatic rings. The van der Waals surface area contributed by atoms with Gasteiger partial charge in [0.15, 0.2) is 0 Å². The fourth-order valence-corrected chi connectivity index (χ4v) is 6.02. The highest BCUT2D eigenvalue weighted by atomic mass is 79.9. The van der Waals surface area contributed by atoms with E-state index in [1.54, 1.807) is 49.6 Å². The summed E-state index contributed by atoms with van der Waals surface area (Å²) >= 11 is 3.41. The zero-order valence-electron chi connectivity index (χ0n) is 19.1. The normalized spacial score (nSPS) is 15.3. The van der Waals surface area contributed by atoms with Crippen molar-refractivity contribution >= 4 is 37.5 Å². The number of hydrogen-bond acceptors (Lipinski definition) is 4. The van der Waals surface area contributed by atoms with Crippen LogP contribution >= 0.6 is 15.9 Å². The molecule has 8 heteroatoms. The molecule has 4 rings (SSSR count). The second kappa shape index (κ2) is 10.2. The summed E-state index contributed by atoms with van der Waals surface area (Å²) in [6.07, 6.45) is 2.65. The van der Waals surface area contributed by atoms with Gasteiger partial charge in [-0.1, -0.05) is 45.8 Å². The lowest BCUT2D eigenvalue weighted by Crippen LogP contribution is -2.42. The van der Waals surface area contributed by atoms with Gasteiger partial charge in [-0.15, -0.1) is 0 Å². The van der Waals surface area contributed by atoms with Crippen molar-refractivity contribution in [2.24, 2.45) is 0 Å². The van der Waals surface area contributed by atoms with Gasteiger partial charge in [-0.05, 0) is 79.8 Å². The molecule has 34 heavy (non-hydrogen) atoms. The molecule has 0 bridgehead atoms. The van der Waals surface area contributed by atoms with E-state index >= 15 is 0 Å². The summed E-state index contributed by atoms with van der Waals surface area (Å²) in [6, 6.07) is 19.3. The van der Waals surface area contributed by atoms with Crippen LogP contribution in [0.25, 0.3) is 0 Å². The molecule has 0 spiro atoms. The van der Waals surface area contributed by atoms with Gasteiger partial charge >= 0.3 is 0 Å². The minimum atomic E-state index is -3.96. The van der Waals surface area contributed by atoms with Crippen molar-refractivity contribution in [1.82, 2.24) is 5.32 Å². The van der Waals surface area contributed by atoms with Gasteiger partial charge in [0.05, 0.1) is 23.7 Å². The lowest BCUT2D eigenvalue weighted by molar-refractivity contribution is -0.120. The number of hydrogen-bond donors (Lipinski definition) is 1. The van der Waals surface area contributed by atoms with E-state index in [9.17, 15) is 13.2 Å². The van der Waals surface area contributed by atoms with Crippen molar-refractivity contribution in [3.8, 4) is 5.75 Å². The fraction of sp³-hybridized carbons (Fsp3) is 0.269. The standard InChI is InChI=1S/C26H27BrN2O4S/c1-18-9-12-23(13-10-18)34(31,32)29(21-7-4-6-20(27)16-21)17-26(30)28-25-8-3-5-19-15-22(33-2)11-14-24(19)25/h4,6-7,9-16,25H,3,5,8,17H2,1-2H3,(H,28,30). The van der Waals surface area contributed by atoms with Crippen LogP contribution in [0.2, 0.25) is 0 Å². The lowest BCUT2D eigenvalue weighted by Gasteiger charge is -2.29. The number of nitrogens with one attached hydrogen (secondary N) is 1. The van der Waals surface area contributed by atoms with Gasteiger partial charge < -0.3 is 10.1 Å². The van der Waals surface area contributed by atoms with E-state index in [0.29, 0.717) is 5.69 Å². The predicted octanol–water partition coefficient (Wildman–Crippen LogP) is 5.16. The SMILES string of the molecule is COc1ccc2c(c1)CCCC2NC(=O)CN(c1cccc(Br)c1)S(=O)(=O)c1ccc(C)cc1. The quantitative estimate of drug-likeness (QED) is 0.447. The van der Waals surface area contributed by atoms with Gasteiger partial charge in [-0.25, -0.2) is 8.42 Å². The molecule has 178 valence electrons. The summed E-state index contributed by atoms with van der Waals surface area (Å²) in [5.74, 6) is 0.431. The van der Waals surface area contributed by atoms with Gasteiger partial charge in [0.25, 0.3) is 10.0 Å². The number of aryl methyl sites for hydroxylation is 2. The highest BCUT2D eigenvalue weighted by molar-refractivity contribution is 9.10. The van der Waals surface area contributed by atoms with E-state index in [0.717, 1.165) is 50.5 Å². The maximum Gasteiger partial charge on any atom is 0.264 e. The number of anilines is 1. The molecule has 3 aromatic rings. The Balaban J connectivity index is 1.61. The molecule has 0 saturated carbocycles. The molecular weight excluding hydrogens is 516 g/mol. The molecule has 1 N–H and O–H groups in total. The van der Waals surface area contributed by atoms with Crippen LogP contribution in [-0.4, -0.2) is 28.0 Å². The molecule has 1 amide bonds. The maximum absolute atomic E-state index is 13.6. The topological polar surface area (TPSA) is 75.7 Å². The first kappa shape index (κ1) is 24.3. The Morgan fingerprint density at radius 1 is 1.12 bits per heavy atom. The molecule has 1 unspecified atom stereocenters. The van der Waals surface area contributed by atoms with Crippen LogP contribution in [0.3, 0.4) is 0 Å². The first-order chi connectivity index (χ1) is 16.3. The highest BCUT2D eigenvalue weighted by Gasteiger charge is 2.29. The van der Waals surface area contributed by atoms with Crippen LogP contribution in [0, 0.1) is 6.92 Å². The monoisotopic (exact) mass is 542 g/mol. The molecule has 0 heterocycles. The third-order valence-corrected chi connectivity index (χ3v) is 8.27. The average Bonchev–Trinajstić information content (AvgIpc) is 2.82. The number of rotatable bonds is 7. The summed E-state index contributed by atoms with van der Waals surface area (Å²) in [5, 5.41) is 3.06. The van der Waals surface area contributed by atoms with E-state index in [-0.39, 0.29) is 23.4 Å². The number of carbonyl (C=O) groups excluding carboxylic acids is 1. The third-order valence-electron chi connectivity index (χ3n) is 5.99. The predicted molar refractivity (Wildman–Crippen MR) is 137 cm³/mol. The number of nitrogens with zero attached hydrogens (tertiary/aromatic N) is 1. The minimum Gasteiger partial charge on any atom is -0.497 e. The zero-order valence-corrected chi connectivity index (χ0v) is 21.5. The number of amides is 1. The summed E-state index contributed by atoms with van der Waals surface area (Å²) in [7, 11) is -2.32. The number of benzene rings is 3. The molecule has 0 aromatic heterocycles. The van der Waals surface area contributed by atoms with Gasteiger partial charge in [0.1, 0.15) is 12.3 Å². The van der Waals surface area contributed by atoms with E-state index in [1.165, 1.54) is 0 Å². The van der Waals surface area contributed by atoms with E-state index in [4.69, 9.17) is 4.74 Å². The van der Waals surface area contributed by atoms with Gasteiger partial charge in [0, 0.05) is 4.47 Å². The minimum absolute atomic E-state index is 0.140. The number of fused-ring (bicyclic) bond motifs is 1. The van der Waals surface area contributed by atoms with E-state index < -0.39 is 10.0 Å². The zero-order chi connectivity index (χ0) is 24.3. The molecule has 0 aliphatic heterocycles. The Kier molecular flexibility index (Phi) is 7.28. The number of carbonyl (C=O) groups is 1. The van der Waals surface area contributed by atoms with Crippen molar-refractivity contribution in [2.75, 3.05) is 18.0 Å². The van der Waals surface area contributed by atoms with E-state index in [1.807, 2.05) is 31.2 Å². The number of sulfonamides is 1. The summed E-state index contributed by atoms with van der Waals surface area (Å²) in [4.78, 5) is 13.3. The summed E-state index contributed by atoms with van der Waals surface area (Å²) < 4.78 is 34.4. The lowest BCUT2D eigenvalue weighted by atomic mass is 9.87. The van der Waals surface area contributed by atoms with Crippen LogP contribution in [0.15, 0.2) is 76.1 Å². The van der Waals surface area contributed by atoms with Crippen LogP contribution in [0.5, 0.6) is 5.75 Å². The van der Waals surface area contributed by atoms with Crippen LogP contribution < -0.4 is 14.4 Å². The Morgan fingerprint density at radius 3 is 2.59 bits per heavy atom. The van der Waals surface area contributed by atoms with Gasteiger partial charge in [0.2, 0.25) is 5.91 Å². The Labute approximate surface area is 209 Å². The maximum atomic E-state index is 13.6. The van der Waals surface area contributed by atoms with Crippen LogP contribution in [0.1, 0.15) is 35.6 Å². The third kappa shape index (κ3) is 5.28. The second-order valence-electron chi connectivity index (χ2n) is 8.38. The summed E-state index contributed by atoms with van der Waals surface area (Å²) in [5.41, 5.74) is 3.57. The van der Waals surface area contributed by atoms with Crippen LogP contribution in [-0.2, 0) is 21.2 Å². The van der Waals surface area contributed by atoms with Gasteiger partial charge in [-0.2, -0.15) is 0 Å². The first-order valence-electron chi connectivity index (χ1n) is 11.1. The Morgan fingerprint density at radius 2 is 1.88 bits per heavy atom. The molecule has 1 aliphatic carbocycles. The molecule has 3 aromatic carbocycles. The highest BCUT2D eigenvalue weighted by Crippen LogP contribution is 2.32. The van der Waals surface area contributed by atoms with Crippen LogP contribution in [0.4, 0.5) is 5.69 Å². The fourth-order valence-electron chi connectivity index (χ4n) is 4.22. The molecule has 0 fully saturated rings. The Hall–Kier alpha value is -2.84. The van der Waals surface area contributed by atoms with Crippen molar-refractivity contribution < 1.29 is 17.9 Å². The molecule has 1 atom stereocenters. The molecule has 6 nitrogen and oxygen atoms in total. The number of methoxy groups -OCH3 is 1. The second-order valence-corrected chi connectivity index (χ2v) is 11.2. The Bertz CT molecular complexity index is 1290. The molecular formula is C26H27BrN2O4S. The summed E-state index contributed by atoms with van der Waals surface area (Å²) in [6.45, 7) is 1.57. The van der Waals surface area contributed by atoms with E-state index in [2.05, 4.69) is 21.2 Å². The largest absolute Gasteiger partial charge is 0.497 e. The number of halogens is 1. The first-order valence-corrected chi connectivity index (χ1v) is 13.3. The van der Waals surface area contributed by atoms with Crippen molar-refractivity contribution in [3.63, 3.8) is 0 Å². The van der Waals surface area contributed by atoms with Crippen molar-refractivity contribution in [3.05, 3.63) is 87.9 Å². The molecule has 0 radical (unpaired) electrons. The van der Waals surface area contributed by atoms with Gasteiger partial charge in [-0.3, -0.25) is 9.10 Å². The van der Waals surface area contributed by atoms with Crippen molar-refractivity contribution in [2.45, 2.75) is 37.1 Å². The van der Waals surface area contributed by atoms with Crippen molar-refractivity contribution in [1.29, 1.82) is 0 Å². The average molecular weight is 543 g/mol.